The molecule has 0 bridgehead atoms. The van der Waals surface area contributed by atoms with Gasteiger partial charge >= 0.3 is 0 Å². The summed E-state index contributed by atoms with van der Waals surface area (Å²) in [5, 5.41) is 6.78. The number of thioether (sulfide) groups is 1. The number of hydrogen-bond donors (Lipinski definition) is 1. The second-order valence-electron chi connectivity index (χ2n) is 7.13. The quantitative estimate of drug-likeness (QED) is 0.687. The van der Waals surface area contributed by atoms with Crippen molar-refractivity contribution in [1.29, 1.82) is 0 Å². The number of likely N-dealkylation sites (tertiary alicyclic amines) is 1. The van der Waals surface area contributed by atoms with Gasteiger partial charge in [-0.25, -0.2) is 4.98 Å². The van der Waals surface area contributed by atoms with Crippen molar-refractivity contribution < 1.29 is 14.1 Å². The second kappa shape index (κ2) is 10.3. The van der Waals surface area contributed by atoms with E-state index in [0.717, 1.165) is 18.6 Å². The smallest absolute Gasteiger partial charge is 0.245 e. The molecule has 10 heteroatoms. The molecule has 1 N–H and O–H groups in total. The van der Waals surface area contributed by atoms with Crippen LogP contribution in [-0.4, -0.2) is 68.0 Å². The van der Waals surface area contributed by atoms with Crippen LogP contribution in [0.4, 0.5) is 0 Å². The monoisotopic (exact) mass is 418 g/mol. The van der Waals surface area contributed by atoms with Crippen LogP contribution in [0.5, 0.6) is 0 Å². The summed E-state index contributed by atoms with van der Waals surface area (Å²) in [6.45, 7) is 2.78. The predicted molar refractivity (Wildman–Crippen MR) is 109 cm³/mol. The Morgan fingerprint density at radius 2 is 2.28 bits per heavy atom. The van der Waals surface area contributed by atoms with Crippen molar-refractivity contribution in [2.45, 2.75) is 38.6 Å². The number of piperidine rings is 1. The Labute approximate surface area is 174 Å². The van der Waals surface area contributed by atoms with Gasteiger partial charge in [0.05, 0.1) is 6.20 Å². The van der Waals surface area contributed by atoms with E-state index in [9.17, 15) is 9.59 Å². The zero-order valence-electron chi connectivity index (χ0n) is 16.7. The molecular formula is C19H26N6O3S. The minimum absolute atomic E-state index is 0.00951. The van der Waals surface area contributed by atoms with E-state index in [1.165, 1.54) is 6.92 Å². The SMILES string of the molecule is CSCCC(NC(C)=O)C(=O)N1CCCC(Cc2nc(-c3cnccn3)no2)C1. The van der Waals surface area contributed by atoms with Crippen molar-refractivity contribution in [3.8, 4) is 11.5 Å². The van der Waals surface area contributed by atoms with Crippen molar-refractivity contribution in [3.05, 3.63) is 24.5 Å². The molecule has 9 nitrogen and oxygen atoms in total. The number of nitrogens with zero attached hydrogens (tertiary/aromatic N) is 5. The molecule has 3 rings (SSSR count). The summed E-state index contributed by atoms with van der Waals surface area (Å²) in [5.41, 5.74) is 0.565. The van der Waals surface area contributed by atoms with E-state index in [4.69, 9.17) is 4.52 Å². The lowest BCUT2D eigenvalue weighted by molar-refractivity contribution is -0.137. The highest BCUT2D eigenvalue weighted by atomic mass is 32.2. The fourth-order valence-corrected chi connectivity index (χ4v) is 3.97. The Morgan fingerprint density at radius 3 is 3.00 bits per heavy atom. The van der Waals surface area contributed by atoms with Gasteiger partial charge in [0.15, 0.2) is 0 Å². The number of nitrogens with one attached hydrogen (secondary N) is 1. The Bertz CT molecular complexity index is 815. The van der Waals surface area contributed by atoms with Gasteiger partial charge in [-0.2, -0.15) is 16.7 Å². The number of aromatic nitrogens is 4. The second-order valence-corrected chi connectivity index (χ2v) is 8.12. The molecule has 2 aromatic rings. The van der Waals surface area contributed by atoms with E-state index in [2.05, 4.69) is 25.4 Å². The molecule has 0 aliphatic carbocycles. The normalized spacial score (nSPS) is 17.7. The number of carbonyl (C=O) groups is 2. The number of carbonyl (C=O) groups excluding carboxylic acids is 2. The lowest BCUT2D eigenvalue weighted by Gasteiger charge is -2.34. The van der Waals surface area contributed by atoms with Crippen LogP contribution in [-0.2, 0) is 16.0 Å². The third-order valence-corrected chi connectivity index (χ3v) is 5.48. The molecule has 2 aromatic heterocycles. The highest BCUT2D eigenvalue weighted by Gasteiger charge is 2.30. The topological polar surface area (TPSA) is 114 Å². The Balaban J connectivity index is 1.60. The van der Waals surface area contributed by atoms with Gasteiger partial charge in [-0.15, -0.1) is 0 Å². The molecule has 3 heterocycles. The minimum Gasteiger partial charge on any atom is -0.345 e. The van der Waals surface area contributed by atoms with Gasteiger partial charge in [0.1, 0.15) is 11.7 Å². The van der Waals surface area contributed by atoms with Crippen molar-refractivity contribution in [2.24, 2.45) is 5.92 Å². The third-order valence-electron chi connectivity index (χ3n) is 4.84. The van der Waals surface area contributed by atoms with Crippen LogP contribution in [0.3, 0.4) is 0 Å². The van der Waals surface area contributed by atoms with Crippen molar-refractivity contribution in [3.63, 3.8) is 0 Å². The molecule has 2 atom stereocenters. The van der Waals surface area contributed by atoms with Crippen LogP contribution in [0.1, 0.15) is 32.1 Å². The molecule has 29 heavy (non-hydrogen) atoms. The number of hydrogen-bond acceptors (Lipinski definition) is 8. The third kappa shape index (κ3) is 5.99. The van der Waals surface area contributed by atoms with Crippen LogP contribution in [0, 0.1) is 5.92 Å². The fraction of sp³-hybridized carbons (Fsp3) is 0.579. The van der Waals surface area contributed by atoms with Gasteiger partial charge in [-0.05, 0) is 37.2 Å². The first-order valence-electron chi connectivity index (χ1n) is 9.70. The minimum atomic E-state index is -0.467. The summed E-state index contributed by atoms with van der Waals surface area (Å²) >= 11 is 1.66. The van der Waals surface area contributed by atoms with Gasteiger partial charge < -0.3 is 14.7 Å². The molecule has 0 radical (unpaired) electrons. The first-order valence-corrected chi connectivity index (χ1v) is 11.1. The molecule has 2 unspecified atom stereocenters. The molecule has 1 saturated heterocycles. The molecular weight excluding hydrogens is 392 g/mol. The average molecular weight is 419 g/mol. The zero-order valence-corrected chi connectivity index (χ0v) is 17.5. The van der Waals surface area contributed by atoms with Gasteiger partial charge in [-0.1, -0.05) is 5.16 Å². The zero-order chi connectivity index (χ0) is 20.6. The van der Waals surface area contributed by atoms with Gasteiger partial charge in [-0.3, -0.25) is 14.6 Å². The molecule has 1 aliphatic heterocycles. The summed E-state index contributed by atoms with van der Waals surface area (Å²) in [7, 11) is 0. The Morgan fingerprint density at radius 1 is 1.41 bits per heavy atom. The molecule has 1 aliphatic rings. The van der Waals surface area contributed by atoms with Crippen LogP contribution in [0.15, 0.2) is 23.1 Å². The summed E-state index contributed by atoms with van der Waals surface area (Å²) in [4.78, 5) is 38.9. The van der Waals surface area contributed by atoms with Crippen LogP contribution < -0.4 is 5.32 Å². The van der Waals surface area contributed by atoms with Crippen LogP contribution >= 0.6 is 11.8 Å². The molecule has 0 saturated carbocycles. The summed E-state index contributed by atoms with van der Waals surface area (Å²) < 4.78 is 5.38. The first kappa shape index (κ1) is 21.2. The van der Waals surface area contributed by atoms with Crippen molar-refractivity contribution in [2.75, 3.05) is 25.1 Å². The number of rotatable bonds is 8. The fourth-order valence-electron chi connectivity index (χ4n) is 3.49. The highest BCUT2D eigenvalue weighted by molar-refractivity contribution is 7.98. The van der Waals surface area contributed by atoms with E-state index < -0.39 is 6.04 Å². The molecule has 0 aromatic carbocycles. The van der Waals surface area contributed by atoms with Crippen LogP contribution in [0.25, 0.3) is 11.5 Å². The molecule has 2 amide bonds. The van der Waals surface area contributed by atoms with Crippen LogP contribution in [0.2, 0.25) is 0 Å². The van der Waals surface area contributed by atoms with E-state index >= 15 is 0 Å². The Kier molecular flexibility index (Phi) is 7.56. The summed E-state index contributed by atoms with van der Waals surface area (Å²) in [6, 6.07) is -0.467. The van der Waals surface area contributed by atoms with Crippen molar-refractivity contribution >= 4 is 23.6 Å². The summed E-state index contributed by atoms with van der Waals surface area (Å²) in [6.07, 6.45) is 9.89. The largest absolute Gasteiger partial charge is 0.345 e. The lowest BCUT2D eigenvalue weighted by atomic mass is 9.94. The number of amides is 2. The van der Waals surface area contributed by atoms with E-state index in [-0.39, 0.29) is 17.7 Å². The van der Waals surface area contributed by atoms with E-state index in [1.807, 2.05) is 11.2 Å². The van der Waals surface area contributed by atoms with E-state index in [0.29, 0.717) is 43.3 Å². The Hall–Kier alpha value is -2.49. The average Bonchev–Trinajstić information content (AvgIpc) is 3.19. The maximum atomic E-state index is 13.0. The highest BCUT2D eigenvalue weighted by Crippen LogP contribution is 2.22. The molecule has 0 spiro atoms. The molecule has 1 fully saturated rings. The predicted octanol–water partition coefficient (Wildman–Crippen LogP) is 1.57. The van der Waals surface area contributed by atoms with Gasteiger partial charge in [0.25, 0.3) is 0 Å². The van der Waals surface area contributed by atoms with E-state index in [1.54, 1.807) is 30.4 Å². The lowest BCUT2D eigenvalue weighted by Crippen LogP contribution is -2.51. The summed E-state index contributed by atoms with van der Waals surface area (Å²) in [5.74, 6) is 1.82. The first-order chi connectivity index (χ1) is 14.1. The standard InChI is InChI=1S/C19H26N6O3S/c1-13(26)22-15(5-9-29-2)19(27)25-8-3-4-14(12-25)10-17-23-18(24-28-17)16-11-20-6-7-21-16/h6-7,11,14-15H,3-5,8-10,12H2,1-2H3,(H,22,26). The maximum Gasteiger partial charge on any atom is 0.245 e. The molecule has 156 valence electrons. The van der Waals surface area contributed by atoms with Gasteiger partial charge in [0.2, 0.25) is 23.5 Å². The van der Waals surface area contributed by atoms with Gasteiger partial charge in [0, 0.05) is 38.8 Å². The van der Waals surface area contributed by atoms with Crippen molar-refractivity contribution in [1.82, 2.24) is 30.3 Å². The maximum absolute atomic E-state index is 13.0.